The molecule has 40 heavy (non-hydrogen) atoms. The summed E-state index contributed by atoms with van der Waals surface area (Å²) in [5.41, 5.74) is 3.59. The topological polar surface area (TPSA) is 89.6 Å². The van der Waals surface area contributed by atoms with E-state index in [1.54, 1.807) is 48.1 Å². The van der Waals surface area contributed by atoms with Gasteiger partial charge in [0.15, 0.2) is 0 Å². The number of aromatic nitrogens is 2. The lowest BCUT2D eigenvalue weighted by Gasteiger charge is -2.22. The zero-order chi connectivity index (χ0) is 28.1. The van der Waals surface area contributed by atoms with Crippen LogP contribution in [0.2, 0.25) is 5.02 Å². The maximum Gasteiger partial charge on any atom is 0.255 e. The van der Waals surface area contributed by atoms with Crippen LogP contribution in [0.25, 0.3) is 16.9 Å². The molecule has 2 aromatic heterocycles. The fraction of sp³-hybridized carbons (Fsp3) is 0.129. The largest absolute Gasteiger partial charge is 0.497 e. The third kappa shape index (κ3) is 6.08. The molecule has 9 heteroatoms. The van der Waals surface area contributed by atoms with Gasteiger partial charge in [0.25, 0.3) is 5.91 Å². The Morgan fingerprint density at radius 2 is 1.75 bits per heavy atom. The third-order valence-corrected chi connectivity index (χ3v) is 6.62. The summed E-state index contributed by atoms with van der Waals surface area (Å²) in [6.07, 6.45) is 3.37. The van der Waals surface area contributed by atoms with Crippen molar-refractivity contribution in [2.24, 2.45) is 0 Å². The van der Waals surface area contributed by atoms with E-state index in [2.05, 4.69) is 5.32 Å². The highest BCUT2D eigenvalue weighted by molar-refractivity contribution is 6.30. The van der Waals surface area contributed by atoms with E-state index in [9.17, 15) is 9.59 Å². The number of rotatable bonds is 9. The predicted molar refractivity (Wildman–Crippen MR) is 154 cm³/mol. The average Bonchev–Trinajstić information content (AvgIpc) is 3.63. The Labute approximate surface area is 236 Å². The Kier molecular flexibility index (Phi) is 7.98. The van der Waals surface area contributed by atoms with Crippen molar-refractivity contribution in [3.8, 4) is 22.7 Å². The summed E-state index contributed by atoms with van der Waals surface area (Å²) in [7, 11) is 1.60. The highest BCUT2D eigenvalue weighted by atomic mass is 35.5. The van der Waals surface area contributed by atoms with Crippen LogP contribution in [0.3, 0.4) is 0 Å². The molecule has 1 N–H and O–H groups in total. The quantitative estimate of drug-likeness (QED) is 0.228. The van der Waals surface area contributed by atoms with Gasteiger partial charge in [-0.2, -0.15) is 0 Å². The second kappa shape index (κ2) is 11.9. The number of benzene rings is 3. The summed E-state index contributed by atoms with van der Waals surface area (Å²) >= 11 is 6.07. The predicted octanol–water partition coefficient (Wildman–Crippen LogP) is 6.38. The minimum Gasteiger partial charge on any atom is -0.497 e. The van der Waals surface area contributed by atoms with Gasteiger partial charge < -0.3 is 14.1 Å². The normalized spacial score (nSPS) is 10.8. The molecule has 0 bridgehead atoms. The molecule has 5 rings (SSSR count). The first-order chi connectivity index (χ1) is 19.4. The van der Waals surface area contributed by atoms with Crippen LogP contribution in [-0.4, -0.2) is 39.9 Å². The molecule has 2 amide bonds. The SMILES string of the molecule is COc1ccc(-n2cc(-c3ccc(Cl)cc3)nc2NC(=O)CN(Cc2ccco2)C(=O)c2ccccc2C)cc1. The lowest BCUT2D eigenvalue weighted by Crippen LogP contribution is -2.38. The Hall–Kier alpha value is -4.82. The molecule has 0 saturated carbocycles. The van der Waals surface area contributed by atoms with Crippen molar-refractivity contribution in [2.45, 2.75) is 13.5 Å². The molecule has 0 radical (unpaired) electrons. The molecule has 0 atom stereocenters. The lowest BCUT2D eigenvalue weighted by molar-refractivity contribution is -0.117. The van der Waals surface area contributed by atoms with Crippen LogP contribution in [0.15, 0.2) is 102 Å². The van der Waals surface area contributed by atoms with E-state index < -0.39 is 5.91 Å². The summed E-state index contributed by atoms with van der Waals surface area (Å²) in [6, 6.07) is 25.5. The van der Waals surface area contributed by atoms with Crippen molar-refractivity contribution in [3.63, 3.8) is 0 Å². The first kappa shape index (κ1) is 26.8. The van der Waals surface area contributed by atoms with Crippen LogP contribution < -0.4 is 10.1 Å². The van der Waals surface area contributed by atoms with Crippen molar-refractivity contribution in [1.29, 1.82) is 0 Å². The van der Waals surface area contributed by atoms with E-state index in [0.717, 1.165) is 16.8 Å². The third-order valence-electron chi connectivity index (χ3n) is 6.37. The van der Waals surface area contributed by atoms with Crippen molar-refractivity contribution in [3.05, 3.63) is 119 Å². The number of carbonyl (C=O) groups is 2. The number of hydrogen-bond acceptors (Lipinski definition) is 5. The highest BCUT2D eigenvalue weighted by Crippen LogP contribution is 2.27. The van der Waals surface area contributed by atoms with Crippen LogP contribution in [0, 0.1) is 6.92 Å². The molecule has 0 aliphatic heterocycles. The molecule has 0 aliphatic rings. The molecule has 0 unspecified atom stereocenters. The number of hydrogen-bond donors (Lipinski definition) is 1. The number of furan rings is 1. The number of amides is 2. The summed E-state index contributed by atoms with van der Waals surface area (Å²) in [5, 5.41) is 3.51. The van der Waals surface area contributed by atoms with Gasteiger partial charge in [0.2, 0.25) is 11.9 Å². The van der Waals surface area contributed by atoms with Gasteiger partial charge in [0, 0.05) is 28.0 Å². The number of halogens is 1. The minimum atomic E-state index is -0.406. The first-order valence-corrected chi connectivity index (χ1v) is 13.0. The molecule has 202 valence electrons. The second-order valence-electron chi connectivity index (χ2n) is 9.13. The van der Waals surface area contributed by atoms with Crippen LogP contribution in [-0.2, 0) is 11.3 Å². The molecule has 8 nitrogen and oxygen atoms in total. The summed E-state index contributed by atoms with van der Waals surface area (Å²) in [4.78, 5) is 33.1. The zero-order valence-corrected chi connectivity index (χ0v) is 22.8. The summed E-state index contributed by atoms with van der Waals surface area (Å²) in [6.45, 7) is 1.79. The molecular weight excluding hydrogens is 528 g/mol. The number of ether oxygens (including phenoxy) is 1. The Bertz CT molecular complexity index is 1610. The van der Waals surface area contributed by atoms with Crippen LogP contribution >= 0.6 is 11.6 Å². The first-order valence-electron chi connectivity index (χ1n) is 12.6. The van der Waals surface area contributed by atoms with Gasteiger partial charge in [-0.25, -0.2) is 4.98 Å². The number of anilines is 1. The summed E-state index contributed by atoms with van der Waals surface area (Å²) in [5.74, 6) is 0.901. The van der Waals surface area contributed by atoms with Gasteiger partial charge in [-0.1, -0.05) is 41.9 Å². The number of aryl methyl sites for hydroxylation is 1. The van der Waals surface area contributed by atoms with Gasteiger partial charge in [-0.3, -0.25) is 19.5 Å². The maximum atomic E-state index is 13.5. The molecule has 0 saturated heterocycles. The van der Waals surface area contributed by atoms with Crippen LogP contribution in [0.5, 0.6) is 5.75 Å². The van der Waals surface area contributed by atoms with Gasteiger partial charge in [0.05, 0.1) is 25.6 Å². The molecular formula is C31H27ClN4O4. The Morgan fingerprint density at radius 3 is 2.42 bits per heavy atom. The molecule has 5 aromatic rings. The van der Waals surface area contributed by atoms with E-state index in [0.29, 0.717) is 33.7 Å². The average molecular weight is 555 g/mol. The number of carbonyl (C=O) groups excluding carboxylic acids is 2. The van der Waals surface area contributed by atoms with Gasteiger partial charge in [0.1, 0.15) is 18.1 Å². The van der Waals surface area contributed by atoms with Gasteiger partial charge >= 0.3 is 0 Å². The molecule has 0 aliphatic carbocycles. The fourth-order valence-corrected chi connectivity index (χ4v) is 4.40. The summed E-state index contributed by atoms with van der Waals surface area (Å²) < 4.78 is 12.5. The lowest BCUT2D eigenvalue weighted by atomic mass is 10.1. The van der Waals surface area contributed by atoms with E-state index in [1.165, 1.54) is 11.2 Å². The Morgan fingerprint density at radius 1 is 1.00 bits per heavy atom. The van der Waals surface area contributed by atoms with E-state index >= 15 is 0 Å². The van der Waals surface area contributed by atoms with Crippen molar-refractivity contribution in [2.75, 3.05) is 19.0 Å². The van der Waals surface area contributed by atoms with Crippen molar-refractivity contribution < 1.29 is 18.7 Å². The second-order valence-corrected chi connectivity index (χ2v) is 9.56. The number of imidazole rings is 1. The molecule has 0 spiro atoms. The molecule has 0 fully saturated rings. The molecule has 2 heterocycles. The zero-order valence-electron chi connectivity index (χ0n) is 22.0. The van der Waals surface area contributed by atoms with Crippen molar-refractivity contribution in [1.82, 2.24) is 14.5 Å². The Balaban J connectivity index is 1.44. The number of methoxy groups -OCH3 is 1. The molecule has 3 aromatic carbocycles. The van der Waals surface area contributed by atoms with E-state index in [-0.39, 0.29) is 19.0 Å². The van der Waals surface area contributed by atoms with E-state index in [4.69, 9.17) is 25.7 Å². The van der Waals surface area contributed by atoms with Gasteiger partial charge in [-0.15, -0.1) is 0 Å². The fourth-order valence-electron chi connectivity index (χ4n) is 4.28. The number of nitrogens with zero attached hydrogens (tertiary/aromatic N) is 3. The highest BCUT2D eigenvalue weighted by Gasteiger charge is 2.23. The monoisotopic (exact) mass is 554 g/mol. The minimum absolute atomic E-state index is 0.135. The number of nitrogens with one attached hydrogen (secondary N) is 1. The smallest absolute Gasteiger partial charge is 0.255 e. The van der Waals surface area contributed by atoms with Gasteiger partial charge in [-0.05, 0) is 67.1 Å². The van der Waals surface area contributed by atoms with Crippen molar-refractivity contribution >= 4 is 29.4 Å². The maximum absolute atomic E-state index is 13.5. The van der Waals surface area contributed by atoms with Crippen LogP contribution in [0.1, 0.15) is 21.7 Å². The standard InChI is InChI=1S/C31H27ClN4O4/c1-21-6-3-4-8-27(21)30(38)35(18-26-7-5-17-40-26)20-29(37)34-31-33-28(22-9-11-23(32)12-10-22)19-36(31)24-13-15-25(39-2)16-14-24/h3-17,19H,18,20H2,1-2H3,(H,33,34,37). The van der Waals surface area contributed by atoms with E-state index in [1.807, 2.05) is 61.7 Å². The van der Waals surface area contributed by atoms with Crippen LogP contribution in [0.4, 0.5) is 5.95 Å².